The second kappa shape index (κ2) is 16.0. The van der Waals surface area contributed by atoms with Gasteiger partial charge in [-0.05, 0) is 44.6 Å². The molecule has 0 heterocycles. The van der Waals surface area contributed by atoms with Crippen LogP contribution in [0.3, 0.4) is 0 Å². The van der Waals surface area contributed by atoms with Crippen LogP contribution in [0.25, 0.3) is 0 Å². The number of aldehydes is 1. The molecule has 0 saturated carbocycles. The standard InChI is InChI=1S/C25H41ClO6/c1-6-21(13-17-28)24(5,7-2)14-10-9-11-15-25(20(4)12-16-27,23(30)32-19-26)18-22(29)31-8-3/h7,13,17,20,27H,2,6,8-12,14-16,18-19H2,1,3-5H3/t20-,24+,25?/m0/s1. The first-order chi connectivity index (χ1) is 15.2. The second-order valence-corrected chi connectivity index (χ2v) is 8.67. The maximum atomic E-state index is 12.9. The van der Waals surface area contributed by atoms with Crippen molar-refractivity contribution in [1.29, 1.82) is 0 Å². The van der Waals surface area contributed by atoms with Crippen molar-refractivity contribution in [2.45, 2.75) is 79.1 Å². The summed E-state index contributed by atoms with van der Waals surface area (Å²) in [7, 11) is 0. The molecule has 0 fully saturated rings. The second-order valence-electron chi connectivity index (χ2n) is 8.46. The number of aliphatic hydroxyl groups excluding tert-OH is 1. The zero-order valence-electron chi connectivity index (χ0n) is 20.2. The first-order valence-corrected chi connectivity index (χ1v) is 12.0. The molecule has 0 aliphatic heterocycles. The van der Waals surface area contributed by atoms with Gasteiger partial charge >= 0.3 is 11.9 Å². The van der Waals surface area contributed by atoms with Gasteiger partial charge in [-0.3, -0.25) is 14.4 Å². The van der Waals surface area contributed by atoms with Gasteiger partial charge in [-0.2, -0.15) is 0 Å². The highest BCUT2D eigenvalue weighted by atomic mass is 35.5. The molecule has 0 rings (SSSR count). The molecule has 0 aromatic heterocycles. The SMILES string of the molecule is C=C[C@](C)(CCCCCC(CC(=O)OCC)(C(=O)OCCl)[C@@H](C)CCO)C(=CC=O)CC. The van der Waals surface area contributed by atoms with Crippen LogP contribution < -0.4 is 0 Å². The summed E-state index contributed by atoms with van der Waals surface area (Å²) in [5.41, 5.74) is -0.321. The van der Waals surface area contributed by atoms with E-state index < -0.39 is 17.4 Å². The van der Waals surface area contributed by atoms with E-state index in [9.17, 15) is 19.5 Å². The summed E-state index contributed by atoms with van der Waals surface area (Å²) < 4.78 is 10.3. The highest BCUT2D eigenvalue weighted by Crippen LogP contribution is 2.42. The molecule has 184 valence electrons. The van der Waals surface area contributed by atoms with Gasteiger partial charge in [0.1, 0.15) is 6.29 Å². The van der Waals surface area contributed by atoms with Gasteiger partial charge in [0.05, 0.1) is 18.4 Å². The highest BCUT2D eigenvalue weighted by Gasteiger charge is 2.46. The highest BCUT2D eigenvalue weighted by molar-refractivity contribution is 6.17. The molecule has 0 radical (unpaired) electrons. The maximum Gasteiger partial charge on any atom is 0.314 e. The predicted molar refractivity (Wildman–Crippen MR) is 127 cm³/mol. The molecule has 0 aliphatic carbocycles. The average Bonchev–Trinajstić information content (AvgIpc) is 2.76. The summed E-state index contributed by atoms with van der Waals surface area (Å²) in [4.78, 5) is 36.2. The number of alkyl halides is 1. The Morgan fingerprint density at radius 3 is 2.31 bits per heavy atom. The van der Waals surface area contributed by atoms with Gasteiger partial charge in [0.25, 0.3) is 0 Å². The molecule has 3 atom stereocenters. The van der Waals surface area contributed by atoms with E-state index in [1.165, 1.54) is 0 Å². The Morgan fingerprint density at radius 2 is 1.81 bits per heavy atom. The van der Waals surface area contributed by atoms with E-state index in [0.29, 0.717) is 19.3 Å². The summed E-state index contributed by atoms with van der Waals surface area (Å²) >= 11 is 5.65. The van der Waals surface area contributed by atoms with Gasteiger partial charge < -0.3 is 14.6 Å². The zero-order chi connectivity index (χ0) is 24.6. The molecule has 1 unspecified atom stereocenters. The molecule has 0 aromatic carbocycles. The molecule has 6 nitrogen and oxygen atoms in total. The first-order valence-electron chi connectivity index (χ1n) is 11.5. The van der Waals surface area contributed by atoms with Crippen LogP contribution in [0.1, 0.15) is 79.1 Å². The third-order valence-electron chi connectivity index (χ3n) is 6.52. The number of unbranched alkanes of at least 4 members (excludes halogenated alkanes) is 2. The van der Waals surface area contributed by atoms with Crippen molar-refractivity contribution in [1.82, 2.24) is 0 Å². The molecular weight excluding hydrogens is 432 g/mol. The Kier molecular flexibility index (Phi) is 15.2. The topological polar surface area (TPSA) is 89.9 Å². The molecule has 0 saturated heterocycles. The Hall–Kier alpha value is -1.66. The molecular formula is C25H41ClO6. The van der Waals surface area contributed by atoms with Crippen LogP contribution in [0.2, 0.25) is 0 Å². The molecule has 0 aliphatic rings. The van der Waals surface area contributed by atoms with E-state index >= 15 is 0 Å². The third kappa shape index (κ3) is 9.07. The van der Waals surface area contributed by atoms with Crippen LogP contribution in [0.4, 0.5) is 0 Å². The molecule has 0 amide bonds. The monoisotopic (exact) mass is 472 g/mol. The number of allylic oxidation sites excluding steroid dienone is 3. The smallest absolute Gasteiger partial charge is 0.314 e. The normalized spacial score (nSPS) is 16.4. The van der Waals surface area contributed by atoms with E-state index in [1.807, 2.05) is 19.9 Å². The van der Waals surface area contributed by atoms with Crippen molar-refractivity contribution in [3.05, 3.63) is 24.3 Å². The van der Waals surface area contributed by atoms with Crippen molar-refractivity contribution in [3.8, 4) is 0 Å². The molecule has 32 heavy (non-hydrogen) atoms. The Morgan fingerprint density at radius 1 is 1.16 bits per heavy atom. The number of halogens is 1. The van der Waals surface area contributed by atoms with Crippen molar-refractivity contribution in [2.75, 3.05) is 19.3 Å². The fourth-order valence-electron chi connectivity index (χ4n) is 4.31. The van der Waals surface area contributed by atoms with Crippen molar-refractivity contribution in [3.63, 3.8) is 0 Å². The minimum absolute atomic E-state index is 0.0968. The number of carbonyl (C=O) groups excluding carboxylic acids is 3. The lowest BCUT2D eigenvalue weighted by Crippen LogP contribution is -2.42. The summed E-state index contributed by atoms with van der Waals surface area (Å²) in [5, 5.41) is 9.46. The van der Waals surface area contributed by atoms with E-state index in [-0.39, 0.29) is 37.0 Å². The van der Waals surface area contributed by atoms with Crippen molar-refractivity contribution >= 4 is 29.8 Å². The number of hydrogen-bond acceptors (Lipinski definition) is 6. The molecule has 0 aromatic rings. The molecule has 1 N–H and O–H groups in total. The summed E-state index contributed by atoms with van der Waals surface area (Å²) in [6.45, 7) is 11.7. The van der Waals surface area contributed by atoms with E-state index in [0.717, 1.165) is 37.5 Å². The van der Waals surface area contributed by atoms with Crippen molar-refractivity contribution < 1.29 is 29.0 Å². The quantitative estimate of drug-likeness (QED) is 0.0720. The van der Waals surface area contributed by atoms with Gasteiger partial charge in [0.2, 0.25) is 0 Å². The lowest BCUT2D eigenvalue weighted by Gasteiger charge is -2.36. The van der Waals surface area contributed by atoms with E-state index in [1.54, 1.807) is 13.0 Å². The molecule has 7 heteroatoms. The minimum atomic E-state index is -1.10. The maximum absolute atomic E-state index is 12.9. The first kappa shape index (κ1) is 30.3. The van der Waals surface area contributed by atoms with Crippen LogP contribution >= 0.6 is 11.6 Å². The Balaban J connectivity index is 5.41. The van der Waals surface area contributed by atoms with Gasteiger partial charge in [0, 0.05) is 12.0 Å². The number of esters is 2. The van der Waals surface area contributed by atoms with Gasteiger partial charge in [-0.15, -0.1) is 6.58 Å². The van der Waals surface area contributed by atoms with Gasteiger partial charge in [-0.1, -0.05) is 63.3 Å². The molecule has 0 bridgehead atoms. The predicted octanol–water partition coefficient (Wildman–Crippen LogP) is 5.36. The van der Waals surface area contributed by atoms with Gasteiger partial charge in [-0.25, -0.2) is 0 Å². The fourth-order valence-corrected chi connectivity index (χ4v) is 4.41. The van der Waals surface area contributed by atoms with Crippen LogP contribution in [0, 0.1) is 16.7 Å². The summed E-state index contributed by atoms with van der Waals surface area (Å²) in [5.74, 6) is -1.28. The van der Waals surface area contributed by atoms with Gasteiger partial charge in [0.15, 0.2) is 6.07 Å². The fraction of sp³-hybridized carbons (Fsp3) is 0.720. The molecule has 0 spiro atoms. The average molecular weight is 473 g/mol. The zero-order valence-corrected chi connectivity index (χ0v) is 20.9. The number of hydrogen-bond donors (Lipinski definition) is 1. The van der Waals surface area contributed by atoms with Crippen LogP contribution in [-0.2, 0) is 23.9 Å². The van der Waals surface area contributed by atoms with Crippen molar-refractivity contribution in [2.24, 2.45) is 16.7 Å². The minimum Gasteiger partial charge on any atom is -0.466 e. The Labute approximate surface area is 198 Å². The van der Waals surface area contributed by atoms with Crippen LogP contribution in [-0.4, -0.2) is 42.6 Å². The number of ether oxygens (including phenoxy) is 2. The van der Waals surface area contributed by atoms with E-state index in [2.05, 4.69) is 13.5 Å². The number of rotatable bonds is 18. The van der Waals surface area contributed by atoms with E-state index in [4.69, 9.17) is 21.1 Å². The summed E-state index contributed by atoms with van der Waals surface area (Å²) in [6, 6.07) is -0.296. The summed E-state index contributed by atoms with van der Waals surface area (Å²) in [6.07, 6.45) is 8.99. The third-order valence-corrected chi connectivity index (χ3v) is 6.63. The Bertz CT molecular complexity index is 632. The largest absolute Gasteiger partial charge is 0.466 e. The number of carbonyl (C=O) groups is 3. The number of aliphatic hydroxyl groups is 1. The lowest BCUT2D eigenvalue weighted by atomic mass is 9.68. The van der Waals surface area contributed by atoms with Crippen LogP contribution in [0.15, 0.2) is 24.3 Å². The lowest BCUT2D eigenvalue weighted by molar-refractivity contribution is -0.166. The van der Waals surface area contributed by atoms with Crippen LogP contribution in [0.5, 0.6) is 0 Å².